The molecule has 22 heavy (non-hydrogen) atoms. The normalized spacial score (nSPS) is 10.8. The van der Waals surface area contributed by atoms with E-state index >= 15 is 0 Å². The van der Waals surface area contributed by atoms with Crippen molar-refractivity contribution in [3.8, 4) is 17.1 Å². The third-order valence-corrected chi connectivity index (χ3v) is 3.36. The van der Waals surface area contributed by atoms with Crippen LogP contribution in [0.3, 0.4) is 0 Å². The number of nitrogens with zero attached hydrogens (tertiary/aromatic N) is 4. The van der Waals surface area contributed by atoms with Gasteiger partial charge in [-0.2, -0.15) is 0 Å². The lowest BCUT2D eigenvalue weighted by Gasteiger charge is -2.08. The molecule has 112 valence electrons. The summed E-state index contributed by atoms with van der Waals surface area (Å²) in [6.07, 6.45) is 3.58. The van der Waals surface area contributed by atoms with Gasteiger partial charge >= 0.3 is 0 Å². The first-order valence-corrected chi connectivity index (χ1v) is 7.29. The molecule has 5 nitrogen and oxygen atoms in total. The Labute approximate surface area is 129 Å². The number of ether oxygens (including phenoxy) is 1. The quantitative estimate of drug-likeness (QED) is 0.725. The molecule has 0 atom stereocenters. The number of pyridine rings is 1. The minimum absolute atomic E-state index is 0.429. The van der Waals surface area contributed by atoms with E-state index in [1.807, 2.05) is 61.1 Å². The van der Waals surface area contributed by atoms with E-state index in [9.17, 15) is 0 Å². The molecule has 2 heterocycles. The van der Waals surface area contributed by atoms with Crippen molar-refractivity contribution in [3.05, 3.63) is 60.2 Å². The van der Waals surface area contributed by atoms with Crippen molar-refractivity contribution in [2.24, 2.45) is 0 Å². The van der Waals surface area contributed by atoms with Gasteiger partial charge in [-0.05, 0) is 25.5 Å². The molecule has 0 radical (unpaired) electrons. The maximum absolute atomic E-state index is 5.53. The van der Waals surface area contributed by atoms with Crippen LogP contribution >= 0.6 is 0 Å². The van der Waals surface area contributed by atoms with Crippen LogP contribution in [0, 0.1) is 6.92 Å². The lowest BCUT2D eigenvalue weighted by atomic mass is 10.2. The summed E-state index contributed by atoms with van der Waals surface area (Å²) in [5.41, 5.74) is 3.01. The monoisotopic (exact) mass is 294 g/mol. The van der Waals surface area contributed by atoms with E-state index in [1.165, 1.54) is 0 Å². The SMILES string of the molecule is CCOCc1nc(-c2ccccc2)nn1-c1ccncc1C. The van der Waals surface area contributed by atoms with E-state index in [2.05, 4.69) is 15.1 Å². The second kappa shape index (κ2) is 6.49. The molecule has 0 fully saturated rings. The molecular formula is C17H18N4O. The molecule has 0 N–H and O–H groups in total. The predicted octanol–water partition coefficient (Wildman–Crippen LogP) is 3.17. The van der Waals surface area contributed by atoms with E-state index in [1.54, 1.807) is 6.20 Å². The van der Waals surface area contributed by atoms with Gasteiger partial charge in [-0.25, -0.2) is 9.67 Å². The third-order valence-electron chi connectivity index (χ3n) is 3.36. The standard InChI is InChI=1S/C17H18N4O/c1-3-22-12-16-19-17(14-7-5-4-6-8-14)20-21(16)15-9-10-18-11-13(15)2/h4-11H,3,12H2,1-2H3. The summed E-state index contributed by atoms with van der Waals surface area (Å²) in [7, 11) is 0. The van der Waals surface area contributed by atoms with E-state index in [0.717, 1.165) is 22.6 Å². The van der Waals surface area contributed by atoms with Crippen LogP contribution in [0.15, 0.2) is 48.8 Å². The Kier molecular flexibility index (Phi) is 4.25. The van der Waals surface area contributed by atoms with Gasteiger partial charge in [0.2, 0.25) is 0 Å². The lowest BCUT2D eigenvalue weighted by Crippen LogP contribution is -2.06. The molecule has 3 rings (SSSR count). The fourth-order valence-corrected chi connectivity index (χ4v) is 2.24. The van der Waals surface area contributed by atoms with Crippen molar-refractivity contribution in [1.82, 2.24) is 19.7 Å². The highest BCUT2D eigenvalue weighted by Gasteiger charge is 2.14. The Hall–Kier alpha value is -2.53. The van der Waals surface area contributed by atoms with E-state index in [-0.39, 0.29) is 0 Å². The zero-order chi connectivity index (χ0) is 15.4. The zero-order valence-electron chi connectivity index (χ0n) is 12.7. The van der Waals surface area contributed by atoms with Crippen LogP contribution in [-0.4, -0.2) is 26.4 Å². The highest BCUT2D eigenvalue weighted by molar-refractivity contribution is 5.55. The summed E-state index contributed by atoms with van der Waals surface area (Å²) < 4.78 is 7.37. The molecule has 3 aromatic rings. The van der Waals surface area contributed by atoms with Crippen molar-refractivity contribution >= 4 is 0 Å². The fourth-order valence-electron chi connectivity index (χ4n) is 2.24. The molecule has 1 aromatic carbocycles. The molecule has 0 unspecified atom stereocenters. The first-order chi connectivity index (χ1) is 10.8. The summed E-state index contributed by atoms with van der Waals surface area (Å²) in [5, 5.41) is 4.66. The maximum atomic E-state index is 5.53. The van der Waals surface area contributed by atoms with Crippen LogP contribution in [-0.2, 0) is 11.3 Å². The Morgan fingerprint density at radius 1 is 1.14 bits per heavy atom. The minimum atomic E-state index is 0.429. The molecule has 0 aliphatic carbocycles. The Morgan fingerprint density at radius 3 is 2.68 bits per heavy atom. The number of hydrogen-bond donors (Lipinski definition) is 0. The molecule has 2 aromatic heterocycles. The first kappa shape index (κ1) is 14.4. The Bertz CT molecular complexity index is 752. The van der Waals surface area contributed by atoms with Crippen molar-refractivity contribution in [3.63, 3.8) is 0 Å². The second-order valence-electron chi connectivity index (χ2n) is 4.93. The first-order valence-electron chi connectivity index (χ1n) is 7.29. The van der Waals surface area contributed by atoms with Crippen LogP contribution in [0.2, 0.25) is 0 Å². The van der Waals surface area contributed by atoms with Gasteiger partial charge in [0.25, 0.3) is 0 Å². The molecule has 0 aliphatic rings. The zero-order valence-corrected chi connectivity index (χ0v) is 12.7. The molecule has 0 saturated heterocycles. The highest BCUT2D eigenvalue weighted by Crippen LogP contribution is 2.20. The van der Waals surface area contributed by atoms with Crippen molar-refractivity contribution in [2.75, 3.05) is 6.61 Å². The van der Waals surface area contributed by atoms with E-state index in [4.69, 9.17) is 4.74 Å². The van der Waals surface area contributed by atoms with Gasteiger partial charge in [0, 0.05) is 24.6 Å². The summed E-state index contributed by atoms with van der Waals surface area (Å²) in [4.78, 5) is 8.78. The van der Waals surface area contributed by atoms with E-state index < -0.39 is 0 Å². The molecular weight excluding hydrogens is 276 g/mol. The van der Waals surface area contributed by atoms with Gasteiger partial charge in [0.1, 0.15) is 6.61 Å². The van der Waals surface area contributed by atoms with Gasteiger partial charge in [0.05, 0.1) is 5.69 Å². The predicted molar refractivity (Wildman–Crippen MR) is 84.7 cm³/mol. The van der Waals surface area contributed by atoms with Crippen LogP contribution < -0.4 is 0 Å². The van der Waals surface area contributed by atoms with Crippen LogP contribution in [0.4, 0.5) is 0 Å². The average molecular weight is 294 g/mol. The van der Waals surface area contributed by atoms with Crippen LogP contribution in [0.5, 0.6) is 0 Å². The van der Waals surface area contributed by atoms with Crippen LogP contribution in [0.25, 0.3) is 17.1 Å². The molecule has 5 heteroatoms. The summed E-state index contributed by atoms with van der Waals surface area (Å²) in [6.45, 7) is 5.05. The maximum Gasteiger partial charge on any atom is 0.181 e. The van der Waals surface area contributed by atoms with Crippen molar-refractivity contribution in [1.29, 1.82) is 0 Å². The van der Waals surface area contributed by atoms with Crippen molar-refractivity contribution in [2.45, 2.75) is 20.5 Å². The molecule has 0 amide bonds. The minimum Gasteiger partial charge on any atom is -0.374 e. The lowest BCUT2D eigenvalue weighted by molar-refractivity contribution is 0.127. The van der Waals surface area contributed by atoms with Gasteiger partial charge in [-0.1, -0.05) is 30.3 Å². The van der Waals surface area contributed by atoms with Crippen LogP contribution in [0.1, 0.15) is 18.3 Å². The van der Waals surface area contributed by atoms with Gasteiger partial charge in [0.15, 0.2) is 11.6 Å². The highest BCUT2D eigenvalue weighted by atomic mass is 16.5. The number of benzene rings is 1. The summed E-state index contributed by atoms with van der Waals surface area (Å²) in [5.74, 6) is 1.49. The Balaban J connectivity index is 2.08. The number of aromatic nitrogens is 4. The topological polar surface area (TPSA) is 52.8 Å². The van der Waals surface area contributed by atoms with Gasteiger partial charge in [-0.15, -0.1) is 5.10 Å². The number of rotatable bonds is 5. The molecule has 0 spiro atoms. The average Bonchev–Trinajstić information content (AvgIpc) is 2.98. The molecule has 0 saturated carbocycles. The Morgan fingerprint density at radius 2 is 1.95 bits per heavy atom. The number of hydrogen-bond acceptors (Lipinski definition) is 4. The van der Waals surface area contributed by atoms with Crippen molar-refractivity contribution < 1.29 is 4.74 Å². The number of aryl methyl sites for hydroxylation is 1. The largest absolute Gasteiger partial charge is 0.374 e. The summed E-state index contributed by atoms with van der Waals surface area (Å²) >= 11 is 0. The van der Waals surface area contributed by atoms with E-state index in [0.29, 0.717) is 19.0 Å². The second-order valence-corrected chi connectivity index (χ2v) is 4.93. The van der Waals surface area contributed by atoms with Gasteiger partial charge in [-0.3, -0.25) is 4.98 Å². The third kappa shape index (κ3) is 2.89. The summed E-state index contributed by atoms with van der Waals surface area (Å²) in [6, 6.07) is 11.9. The molecule has 0 aliphatic heterocycles. The fraction of sp³-hybridized carbons (Fsp3) is 0.235. The molecule has 0 bridgehead atoms. The smallest absolute Gasteiger partial charge is 0.181 e. The van der Waals surface area contributed by atoms with Gasteiger partial charge < -0.3 is 4.74 Å².